The van der Waals surface area contributed by atoms with Gasteiger partial charge in [0.05, 0.1) is 0 Å². The summed E-state index contributed by atoms with van der Waals surface area (Å²) in [4.78, 5) is 0. The highest BCUT2D eigenvalue weighted by molar-refractivity contribution is 7.85. The topological polar surface area (TPSA) is 134 Å². The number of unbranched alkanes of at least 4 members (excludes halogenated alkanes) is 13. The van der Waals surface area contributed by atoms with Crippen LogP contribution in [0.4, 0.5) is 0 Å². The van der Waals surface area contributed by atoms with Crippen molar-refractivity contribution in [3.05, 3.63) is 0 Å². The molecule has 0 aromatic carbocycles. The highest BCUT2D eigenvalue weighted by Crippen LogP contribution is 2.23. The molecule has 5 unspecified atom stereocenters. The van der Waals surface area contributed by atoms with Crippen LogP contribution in [-0.2, 0) is 19.6 Å². The van der Waals surface area contributed by atoms with Crippen LogP contribution in [0.3, 0.4) is 0 Å². The van der Waals surface area contributed by atoms with Crippen molar-refractivity contribution in [3.8, 4) is 0 Å². The van der Waals surface area contributed by atoms with Crippen molar-refractivity contribution < 1.29 is 37.8 Å². The summed E-state index contributed by atoms with van der Waals surface area (Å²) in [5, 5.41) is 29.7. The smallest absolute Gasteiger partial charge is 0.267 e. The molecule has 0 bridgehead atoms. The number of rotatable bonds is 18. The minimum Gasteiger partial charge on any atom is -0.388 e. The Bertz CT molecular complexity index is 542. The molecule has 1 saturated heterocycles. The van der Waals surface area contributed by atoms with Gasteiger partial charge in [-0.1, -0.05) is 90.4 Å². The summed E-state index contributed by atoms with van der Waals surface area (Å²) in [7, 11) is -4.41. The van der Waals surface area contributed by atoms with E-state index in [1.165, 1.54) is 70.6 Å². The summed E-state index contributed by atoms with van der Waals surface area (Å²) < 4.78 is 41.7. The molecule has 0 spiro atoms. The maximum absolute atomic E-state index is 11.0. The Hall–Kier alpha value is -0.290. The highest BCUT2D eigenvalue weighted by atomic mass is 32.2. The fourth-order valence-corrected chi connectivity index (χ4v) is 4.59. The Kier molecular flexibility index (Phi) is 15.2. The van der Waals surface area contributed by atoms with E-state index in [9.17, 15) is 23.7 Å². The first-order valence-electron chi connectivity index (χ1n) is 12.0. The lowest BCUT2D eigenvalue weighted by molar-refractivity contribution is -0.292. The molecule has 1 rings (SSSR count). The number of aliphatic hydroxyl groups is 3. The Morgan fingerprint density at radius 3 is 1.61 bits per heavy atom. The number of hydrogen-bond acceptors (Lipinski definition) is 7. The first-order valence-corrected chi connectivity index (χ1v) is 13.6. The second-order valence-electron chi connectivity index (χ2n) is 8.73. The Labute approximate surface area is 188 Å². The molecule has 0 aliphatic carbocycles. The van der Waals surface area contributed by atoms with E-state index in [0.717, 1.165) is 19.3 Å². The number of aliphatic hydroxyl groups excluding tert-OH is 3. The van der Waals surface area contributed by atoms with Crippen LogP contribution < -0.4 is 0 Å². The van der Waals surface area contributed by atoms with Crippen LogP contribution >= 0.6 is 0 Å². The normalized spacial score (nSPS) is 26.9. The standard InChI is InChI=1S/C22H44O8S/c1-2-3-4-5-6-7-8-9-10-11-12-13-14-15-16-29-22-21(25)20(24)19(23)18(30-22)17-31(26,27)28/h18-25H,2-17H2,1H3,(H,26,27,28). The molecule has 0 radical (unpaired) electrons. The minimum absolute atomic E-state index is 0.293. The largest absolute Gasteiger partial charge is 0.388 e. The van der Waals surface area contributed by atoms with Gasteiger partial charge < -0.3 is 24.8 Å². The lowest BCUT2D eigenvalue weighted by Crippen LogP contribution is -2.59. The first kappa shape index (κ1) is 28.7. The maximum Gasteiger partial charge on any atom is 0.267 e. The third kappa shape index (κ3) is 13.1. The van der Waals surface area contributed by atoms with E-state index in [1.54, 1.807) is 0 Å². The molecular weight excluding hydrogens is 424 g/mol. The Morgan fingerprint density at radius 2 is 1.16 bits per heavy atom. The van der Waals surface area contributed by atoms with E-state index >= 15 is 0 Å². The van der Waals surface area contributed by atoms with Crippen LogP contribution in [0.25, 0.3) is 0 Å². The van der Waals surface area contributed by atoms with Gasteiger partial charge in [0.25, 0.3) is 10.1 Å². The first-order chi connectivity index (χ1) is 14.8. The van der Waals surface area contributed by atoms with Crippen molar-refractivity contribution in [3.63, 3.8) is 0 Å². The van der Waals surface area contributed by atoms with Crippen LogP contribution in [-0.4, -0.2) is 71.4 Å². The Balaban J connectivity index is 2.04. The van der Waals surface area contributed by atoms with Crippen LogP contribution in [0, 0.1) is 0 Å². The molecular formula is C22H44O8S. The van der Waals surface area contributed by atoms with Crippen molar-refractivity contribution in [1.29, 1.82) is 0 Å². The second kappa shape index (κ2) is 16.3. The fraction of sp³-hybridized carbons (Fsp3) is 1.00. The highest BCUT2D eigenvalue weighted by Gasteiger charge is 2.45. The molecule has 1 heterocycles. The van der Waals surface area contributed by atoms with Crippen molar-refractivity contribution in [2.45, 2.75) is 128 Å². The van der Waals surface area contributed by atoms with Crippen LogP contribution in [0.1, 0.15) is 96.8 Å². The molecule has 9 heteroatoms. The van der Waals surface area contributed by atoms with E-state index in [-0.39, 0.29) is 0 Å². The van der Waals surface area contributed by atoms with E-state index in [2.05, 4.69) is 6.92 Å². The average Bonchev–Trinajstić information content (AvgIpc) is 2.71. The van der Waals surface area contributed by atoms with Gasteiger partial charge >= 0.3 is 0 Å². The third-order valence-electron chi connectivity index (χ3n) is 5.82. The molecule has 5 atom stereocenters. The summed E-state index contributed by atoms with van der Waals surface area (Å²) in [6, 6.07) is 0. The number of hydrogen-bond donors (Lipinski definition) is 4. The summed E-state index contributed by atoms with van der Waals surface area (Å²) in [6.07, 6.45) is 9.97. The van der Waals surface area contributed by atoms with Crippen LogP contribution in [0.5, 0.6) is 0 Å². The van der Waals surface area contributed by atoms with Gasteiger partial charge in [0.1, 0.15) is 30.2 Å². The van der Waals surface area contributed by atoms with Gasteiger partial charge in [-0.25, -0.2) is 0 Å². The molecule has 0 aromatic rings. The van der Waals surface area contributed by atoms with E-state index in [0.29, 0.717) is 6.61 Å². The predicted octanol–water partition coefficient (Wildman–Crippen LogP) is 3.18. The molecule has 0 aromatic heterocycles. The van der Waals surface area contributed by atoms with Gasteiger partial charge in [0.2, 0.25) is 0 Å². The quantitative estimate of drug-likeness (QED) is 0.178. The summed E-state index contributed by atoms with van der Waals surface area (Å²) >= 11 is 0. The van der Waals surface area contributed by atoms with Crippen LogP contribution in [0.2, 0.25) is 0 Å². The summed E-state index contributed by atoms with van der Waals surface area (Å²) in [6.45, 7) is 2.53. The average molecular weight is 469 g/mol. The van der Waals surface area contributed by atoms with E-state index < -0.39 is 46.6 Å². The van der Waals surface area contributed by atoms with E-state index in [4.69, 9.17) is 14.0 Å². The van der Waals surface area contributed by atoms with Gasteiger partial charge in [-0.05, 0) is 6.42 Å². The van der Waals surface area contributed by atoms with Crippen molar-refractivity contribution in [2.24, 2.45) is 0 Å². The van der Waals surface area contributed by atoms with Gasteiger partial charge in [0, 0.05) is 6.61 Å². The maximum atomic E-state index is 11.0. The summed E-state index contributed by atoms with van der Waals surface area (Å²) in [5.74, 6) is -0.878. The Morgan fingerprint density at radius 1 is 0.710 bits per heavy atom. The van der Waals surface area contributed by atoms with Crippen molar-refractivity contribution in [2.75, 3.05) is 12.4 Å². The predicted molar refractivity (Wildman–Crippen MR) is 119 cm³/mol. The molecule has 1 aliphatic heterocycles. The monoisotopic (exact) mass is 468 g/mol. The molecule has 0 saturated carbocycles. The lowest BCUT2D eigenvalue weighted by Gasteiger charge is -2.39. The zero-order valence-corrected chi connectivity index (χ0v) is 19.8. The molecule has 1 fully saturated rings. The molecule has 1 aliphatic rings. The molecule has 4 N–H and O–H groups in total. The van der Waals surface area contributed by atoms with Crippen LogP contribution in [0.15, 0.2) is 0 Å². The van der Waals surface area contributed by atoms with Gasteiger partial charge in [-0.2, -0.15) is 8.42 Å². The zero-order valence-electron chi connectivity index (χ0n) is 19.0. The number of ether oxygens (including phenoxy) is 2. The van der Waals surface area contributed by atoms with E-state index in [1.807, 2.05) is 0 Å². The summed E-state index contributed by atoms with van der Waals surface area (Å²) in [5.41, 5.74) is 0. The van der Waals surface area contributed by atoms with Gasteiger partial charge in [-0.15, -0.1) is 0 Å². The second-order valence-corrected chi connectivity index (χ2v) is 10.2. The van der Waals surface area contributed by atoms with Crippen molar-refractivity contribution in [1.82, 2.24) is 0 Å². The molecule has 31 heavy (non-hydrogen) atoms. The third-order valence-corrected chi connectivity index (χ3v) is 6.57. The zero-order chi connectivity index (χ0) is 23.1. The van der Waals surface area contributed by atoms with Gasteiger partial charge in [0.15, 0.2) is 6.29 Å². The minimum atomic E-state index is -4.41. The van der Waals surface area contributed by atoms with Gasteiger partial charge in [-0.3, -0.25) is 4.55 Å². The lowest BCUT2D eigenvalue weighted by atomic mass is 10.00. The van der Waals surface area contributed by atoms with Crippen molar-refractivity contribution >= 4 is 10.1 Å². The molecule has 8 nitrogen and oxygen atoms in total. The SMILES string of the molecule is CCCCCCCCCCCCCCCCOC1OC(CS(=O)(=O)O)C(O)C(O)C1O. The molecule has 0 amide bonds. The fourth-order valence-electron chi connectivity index (χ4n) is 3.90. The molecule has 186 valence electrons.